The Hall–Kier alpha value is -2.55. The molecule has 0 atom stereocenters. The number of aromatic nitrogens is 2. The fraction of sp³-hybridized carbons (Fsp3) is 0.158. The first-order valence-electron chi connectivity index (χ1n) is 8.58. The van der Waals surface area contributed by atoms with Gasteiger partial charge in [0.05, 0.1) is 27.5 Å². The van der Waals surface area contributed by atoms with Crippen LogP contribution in [0, 0.1) is 6.92 Å². The van der Waals surface area contributed by atoms with Crippen molar-refractivity contribution in [2.45, 2.75) is 11.8 Å². The van der Waals surface area contributed by atoms with Crippen molar-refractivity contribution in [1.29, 1.82) is 0 Å². The summed E-state index contributed by atoms with van der Waals surface area (Å²) in [6.07, 6.45) is 1.39. The molecule has 0 radical (unpaired) electrons. The summed E-state index contributed by atoms with van der Waals surface area (Å²) in [4.78, 5) is 0.188. The smallest absolute Gasteiger partial charge is 0.261 e. The van der Waals surface area contributed by atoms with E-state index in [1.807, 2.05) is 13.0 Å². The Labute approximate surface area is 179 Å². The van der Waals surface area contributed by atoms with Crippen LogP contribution in [-0.2, 0) is 10.0 Å². The minimum Gasteiger partial charge on any atom is -0.492 e. The van der Waals surface area contributed by atoms with Crippen molar-refractivity contribution in [3.05, 3.63) is 70.5 Å². The molecular formula is C19H18Cl2N4O3S. The molecule has 0 unspecified atom stereocenters. The molecule has 7 nitrogen and oxygen atoms in total. The summed E-state index contributed by atoms with van der Waals surface area (Å²) in [5.41, 5.74) is 1.75. The summed E-state index contributed by atoms with van der Waals surface area (Å²) in [5.74, 6) is 0.530. The third-order valence-electron chi connectivity index (χ3n) is 3.79. The Morgan fingerprint density at radius 1 is 1.10 bits per heavy atom. The molecule has 0 spiro atoms. The molecule has 0 amide bonds. The highest BCUT2D eigenvalue weighted by Crippen LogP contribution is 2.27. The summed E-state index contributed by atoms with van der Waals surface area (Å²) in [6, 6.07) is 13.3. The van der Waals surface area contributed by atoms with Crippen molar-refractivity contribution in [2.75, 3.05) is 23.2 Å². The predicted molar refractivity (Wildman–Crippen MR) is 114 cm³/mol. The number of nitrogens with one attached hydrogen (secondary N) is 2. The zero-order chi connectivity index (χ0) is 20.9. The molecule has 3 rings (SSSR count). The van der Waals surface area contributed by atoms with Crippen molar-refractivity contribution < 1.29 is 13.2 Å². The van der Waals surface area contributed by atoms with Crippen LogP contribution in [0.4, 0.5) is 11.4 Å². The van der Waals surface area contributed by atoms with Crippen LogP contribution >= 0.6 is 23.2 Å². The van der Waals surface area contributed by atoms with Gasteiger partial charge in [-0.2, -0.15) is 5.10 Å². The number of rotatable bonds is 8. The van der Waals surface area contributed by atoms with Gasteiger partial charge in [0.1, 0.15) is 12.4 Å². The molecule has 10 heteroatoms. The normalized spacial score (nSPS) is 11.1. The minimum atomic E-state index is -3.68. The van der Waals surface area contributed by atoms with Crippen LogP contribution < -0.4 is 14.8 Å². The number of hydrogen-bond donors (Lipinski definition) is 2. The summed E-state index contributed by atoms with van der Waals surface area (Å²) in [5, 5.41) is 10.9. The van der Waals surface area contributed by atoms with Crippen LogP contribution in [0.15, 0.2) is 59.6 Å². The van der Waals surface area contributed by atoms with E-state index < -0.39 is 10.0 Å². The van der Waals surface area contributed by atoms with E-state index in [1.54, 1.807) is 30.3 Å². The van der Waals surface area contributed by atoms with Gasteiger partial charge in [0.2, 0.25) is 0 Å². The molecule has 152 valence electrons. The van der Waals surface area contributed by atoms with Crippen molar-refractivity contribution in [1.82, 2.24) is 10.2 Å². The Morgan fingerprint density at radius 2 is 1.86 bits per heavy atom. The van der Waals surface area contributed by atoms with Crippen LogP contribution in [0.1, 0.15) is 5.56 Å². The fourth-order valence-corrected chi connectivity index (χ4v) is 4.07. The van der Waals surface area contributed by atoms with Gasteiger partial charge in [-0.15, -0.1) is 5.10 Å². The number of sulfonamides is 1. The molecule has 0 fully saturated rings. The van der Waals surface area contributed by atoms with Gasteiger partial charge in [-0.3, -0.25) is 4.72 Å². The van der Waals surface area contributed by atoms with E-state index >= 15 is 0 Å². The van der Waals surface area contributed by atoms with E-state index in [0.717, 1.165) is 5.56 Å². The summed E-state index contributed by atoms with van der Waals surface area (Å²) in [6.45, 7) is 2.56. The van der Waals surface area contributed by atoms with Gasteiger partial charge < -0.3 is 10.1 Å². The van der Waals surface area contributed by atoms with E-state index in [4.69, 9.17) is 27.9 Å². The molecule has 2 N–H and O–H groups in total. The van der Waals surface area contributed by atoms with Gasteiger partial charge >= 0.3 is 0 Å². The van der Waals surface area contributed by atoms with Crippen LogP contribution in [-0.4, -0.2) is 31.8 Å². The molecule has 0 saturated heterocycles. The number of anilines is 2. The van der Waals surface area contributed by atoms with Gasteiger partial charge in [-0.05, 0) is 36.8 Å². The van der Waals surface area contributed by atoms with Crippen molar-refractivity contribution in [3.8, 4) is 5.75 Å². The fourth-order valence-electron chi connectivity index (χ4n) is 2.55. The summed E-state index contributed by atoms with van der Waals surface area (Å²) < 4.78 is 33.3. The van der Waals surface area contributed by atoms with Crippen LogP contribution in [0.5, 0.6) is 5.75 Å². The standard InChI is InChI=1S/C19H18Cl2N4O3S/c1-13-9-14(25-29(26,27)16-5-3-2-4-6-16)11-15(10-13)28-8-7-22-18-17(20)12-23-24-19(18)21/h2-6,9-12,25H,7-8H2,1H3,(H,22,23). The largest absolute Gasteiger partial charge is 0.492 e. The second kappa shape index (κ2) is 9.30. The van der Waals surface area contributed by atoms with E-state index in [9.17, 15) is 8.42 Å². The van der Waals surface area contributed by atoms with Gasteiger partial charge in [0.25, 0.3) is 10.0 Å². The Balaban J connectivity index is 1.63. The van der Waals surface area contributed by atoms with Crippen molar-refractivity contribution in [3.63, 3.8) is 0 Å². The molecule has 1 heterocycles. The highest BCUT2D eigenvalue weighted by atomic mass is 35.5. The Bertz CT molecular complexity index is 1080. The molecule has 0 bridgehead atoms. The number of benzene rings is 2. The molecule has 3 aromatic rings. The van der Waals surface area contributed by atoms with E-state index in [-0.39, 0.29) is 10.0 Å². The lowest BCUT2D eigenvalue weighted by molar-refractivity contribution is 0.333. The number of nitrogens with zero attached hydrogens (tertiary/aromatic N) is 2. The average Bonchev–Trinajstić information content (AvgIpc) is 2.67. The Morgan fingerprint density at radius 3 is 2.59 bits per heavy atom. The first kappa shape index (κ1) is 21.2. The maximum absolute atomic E-state index is 12.5. The lowest BCUT2D eigenvalue weighted by Gasteiger charge is -2.13. The first-order valence-corrected chi connectivity index (χ1v) is 10.8. The highest BCUT2D eigenvalue weighted by molar-refractivity contribution is 7.92. The molecule has 0 aliphatic carbocycles. The van der Waals surface area contributed by atoms with E-state index in [0.29, 0.717) is 35.3 Å². The molecular weight excluding hydrogens is 435 g/mol. The second-order valence-corrected chi connectivity index (χ2v) is 8.53. The zero-order valence-corrected chi connectivity index (χ0v) is 17.7. The van der Waals surface area contributed by atoms with Gasteiger partial charge in [0.15, 0.2) is 5.15 Å². The van der Waals surface area contributed by atoms with Crippen molar-refractivity contribution >= 4 is 44.6 Å². The molecule has 2 aromatic carbocycles. The lowest BCUT2D eigenvalue weighted by atomic mass is 10.2. The number of hydrogen-bond acceptors (Lipinski definition) is 6. The minimum absolute atomic E-state index is 0.172. The number of halogens is 2. The SMILES string of the molecule is Cc1cc(NS(=O)(=O)c2ccccc2)cc(OCCNc2c(Cl)cnnc2Cl)c1. The van der Waals surface area contributed by atoms with Crippen molar-refractivity contribution in [2.24, 2.45) is 0 Å². The monoisotopic (exact) mass is 452 g/mol. The predicted octanol–water partition coefficient (Wildman–Crippen LogP) is 4.38. The van der Waals surface area contributed by atoms with Gasteiger partial charge in [-0.1, -0.05) is 41.4 Å². The molecule has 0 aliphatic rings. The third kappa shape index (κ3) is 5.72. The topological polar surface area (TPSA) is 93.2 Å². The third-order valence-corrected chi connectivity index (χ3v) is 5.74. The average molecular weight is 453 g/mol. The Kier molecular flexibility index (Phi) is 6.79. The first-order chi connectivity index (χ1) is 13.8. The molecule has 0 aliphatic heterocycles. The summed E-state index contributed by atoms with van der Waals surface area (Å²) in [7, 11) is -3.68. The summed E-state index contributed by atoms with van der Waals surface area (Å²) >= 11 is 12.0. The quantitative estimate of drug-likeness (QED) is 0.492. The maximum Gasteiger partial charge on any atom is 0.261 e. The second-order valence-electron chi connectivity index (χ2n) is 6.09. The highest BCUT2D eigenvalue weighted by Gasteiger charge is 2.14. The molecule has 0 saturated carbocycles. The van der Waals surface area contributed by atoms with E-state index in [1.165, 1.54) is 18.3 Å². The van der Waals surface area contributed by atoms with Gasteiger partial charge in [-0.25, -0.2) is 8.42 Å². The van der Waals surface area contributed by atoms with Crippen LogP contribution in [0.2, 0.25) is 10.2 Å². The van der Waals surface area contributed by atoms with E-state index in [2.05, 4.69) is 20.2 Å². The maximum atomic E-state index is 12.5. The molecule has 1 aromatic heterocycles. The zero-order valence-electron chi connectivity index (χ0n) is 15.4. The number of ether oxygens (including phenoxy) is 1. The number of aryl methyl sites for hydroxylation is 1. The van der Waals surface area contributed by atoms with Crippen LogP contribution in [0.3, 0.4) is 0 Å². The molecule has 29 heavy (non-hydrogen) atoms. The van der Waals surface area contributed by atoms with Crippen LogP contribution in [0.25, 0.3) is 0 Å². The lowest BCUT2D eigenvalue weighted by Crippen LogP contribution is -2.14. The van der Waals surface area contributed by atoms with Gasteiger partial charge in [0, 0.05) is 12.6 Å².